The molecular formula is C20H22N8. The van der Waals surface area contributed by atoms with E-state index in [1.807, 2.05) is 6.07 Å². The van der Waals surface area contributed by atoms with Gasteiger partial charge in [-0.15, -0.1) is 0 Å². The number of hydrogen-bond acceptors (Lipinski definition) is 6. The zero-order valence-corrected chi connectivity index (χ0v) is 15.7. The molecule has 28 heavy (non-hydrogen) atoms. The minimum atomic E-state index is 0.576. The number of aryl methyl sites for hydroxylation is 1. The number of nitrogens with zero attached hydrogens (tertiary/aromatic N) is 4. The molecule has 8 heteroatoms. The molecule has 8 nitrogen and oxygen atoms in total. The van der Waals surface area contributed by atoms with E-state index in [4.69, 9.17) is 0 Å². The van der Waals surface area contributed by atoms with Crippen molar-refractivity contribution in [2.24, 2.45) is 0 Å². The zero-order chi connectivity index (χ0) is 18.9. The van der Waals surface area contributed by atoms with Crippen LogP contribution in [0.5, 0.6) is 0 Å². The maximum absolute atomic E-state index is 4.55. The molecule has 0 amide bonds. The van der Waals surface area contributed by atoms with E-state index in [2.05, 4.69) is 65.9 Å². The van der Waals surface area contributed by atoms with Gasteiger partial charge in [0.05, 0.1) is 17.4 Å². The standard InChI is InChI=1S/C20H22N8/c1-2-14-13(5-6-15-19(14)24-11-23-15)10-22-20-21-8-7-17(26-20)25-18-9-16(27-28-18)12-3-4-12/h5-9,11-12H,2-4,10H2,1H3,(H,23,24)(H3,21,22,25,26,27,28). The van der Waals surface area contributed by atoms with Gasteiger partial charge >= 0.3 is 0 Å². The largest absolute Gasteiger partial charge is 0.350 e. The van der Waals surface area contributed by atoms with Crippen molar-refractivity contribution in [3.8, 4) is 0 Å². The molecule has 0 unspecified atom stereocenters. The van der Waals surface area contributed by atoms with Crippen LogP contribution in [0.15, 0.2) is 36.8 Å². The Bertz CT molecular complexity index is 1110. The van der Waals surface area contributed by atoms with E-state index < -0.39 is 0 Å². The highest BCUT2D eigenvalue weighted by atomic mass is 15.2. The summed E-state index contributed by atoms with van der Waals surface area (Å²) in [6.45, 7) is 2.79. The molecule has 0 bridgehead atoms. The number of anilines is 3. The molecule has 0 atom stereocenters. The van der Waals surface area contributed by atoms with Crippen molar-refractivity contribution in [2.75, 3.05) is 10.6 Å². The van der Waals surface area contributed by atoms with Gasteiger partial charge < -0.3 is 15.6 Å². The maximum Gasteiger partial charge on any atom is 0.224 e. The lowest BCUT2D eigenvalue weighted by Crippen LogP contribution is -2.07. The average molecular weight is 374 g/mol. The minimum absolute atomic E-state index is 0.576. The smallest absolute Gasteiger partial charge is 0.224 e. The molecule has 0 radical (unpaired) electrons. The Morgan fingerprint density at radius 3 is 2.93 bits per heavy atom. The van der Waals surface area contributed by atoms with Crippen molar-refractivity contribution in [1.82, 2.24) is 30.1 Å². The van der Waals surface area contributed by atoms with E-state index in [0.29, 0.717) is 24.2 Å². The Balaban J connectivity index is 1.30. The number of aromatic nitrogens is 6. The lowest BCUT2D eigenvalue weighted by molar-refractivity contribution is 0.966. The fourth-order valence-corrected chi connectivity index (χ4v) is 3.49. The number of hydrogen-bond donors (Lipinski definition) is 4. The van der Waals surface area contributed by atoms with Crippen LogP contribution < -0.4 is 10.6 Å². The highest BCUT2D eigenvalue weighted by molar-refractivity contribution is 5.79. The molecular weight excluding hydrogens is 352 g/mol. The van der Waals surface area contributed by atoms with Crippen molar-refractivity contribution < 1.29 is 0 Å². The van der Waals surface area contributed by atoms with Gasteiger partial charge in [-0.1, -0.05) is 13.0 Å². The summed E-state index contributed by atoms with van der Waals surface area (Å²) in [5.41, 5.74) is 5.72. The van der Waals surface area contributed by atoms with Crippen molar-refractivity contribution in [2.45, 2.75) is 38.6 Å². The predicted molar refractivity (Wildman–Crippen MR) is 109 cm³/mol. The fourth-order valence-electron chi connectivity index (χ4n) is 3.49. The lowest BCUT2D eigenvalue weighted by atomic mass is 10.0. The van der Waals surface area contributed by atoms with Crippen LogP contribution in [0.2, 0.25) is 0 Å². The number of nitrogens with one attached hydrogen (secondary N) is 4. The molecule has 142 valence electrons. The van der Waals surface area contributed by atoms with Gasteiger partial charge in [0.25, 0.3) is 0 Å². The van der Waals surface area contributed by atoms with Gasteiger partial charge in [0.1, 0.15) is 5.82 Å². The number of fused-ring (bicyclic) bond motifs is 1. The highest BCUT2D eigenvalue weighted by Gasteiger charge is 2.25. The van der Waals surface area contributed by atoms with Gasteiger partial charge in [0, 0.05) is 30.4 Å². The first-order chi connectivity index (χ1) is 13.8. The van der Waals surface area contributed by atoms with Crippen molar-refractivity contribution >= 4 is 28.6 Å². The fraction of sp³-hybridized carbons (Fsp3) is 0.300. The summed E-state index contributed by atoms with van der Waals surface area (Å²) in [7, 11) is 0. The maximum atomic E-state index is 4.55. The van der Waals surface area contributed by atoms with E-state index >= 15 is 0 Å². The van der Waals surface area contributed by atoms with Crippen LogP contribution in [0, 0.1) is 0 Å². The second-order valence-electron chi connectivity index (χ2n) is 7.08. The molecule has 4 aromatic rings. The molecule has 3 aromatic heterocycles. The second-order valence-corrected chi connectivity index (χ2v) is 7.08. The van der Waals surface area contributed by atoms with Gasteiger partial charge in [-0.2, -0.15) is 10.1 Å². The zero-order valence-electron chi connectivity index (χ0n) is 15.7. The van der Waals surface area contributed by atoms with Crippen LogP contribution in [0.1, 0.15) is 42.5 Å². The van der Waals surface area contributed by atoms with E-state index in [9.17, 15) is 0 Å². The van der Waals surface area contributed by atoms with E-state index in [-0.39, 0.29) is 0 Å². The summed E-state index contributed by atoms with van der Waals surface area (Å²) >= 11 is 0. The summed E-state index contributed by atoms with van der Waals surface area (Å²) in [6, 6.07) is 8.08. The van der Waals surface area contributed by atoms with Crippen LogP contribution in [0.25, 0.3) is 11.0 Å². The monoisotopic (exact) mass is 374 g/mol. The molecule has 5 rings (SSSR count). The van der Waals surface area contributed by atoms with E-state index in [0.717, 1.165) is 23.3 Å². The first-order valence-corrected chi connectivity index (χ1v) is 9.63. The number of benzene rings is 1. The SMILES string of the molecule is CCc1c(CNc2nccc(Nc3cc(C4CC4)[nH]n3)n2)ccc2[nH]cnc12. The van der Waals surface area contributed by atoms with Crippen LogP contribution >= 0.6 is 0 Å². The number of imidazole rings is 1. The number of H-pyrrole nitrogens is 2. The van der Waals surface area contributed by atoms with Gasteiger partial charge in [-0.3, -0.25) is 5.10 Å². The van der Waals surface area contributed by atoms with Crippen molar-refractivity contribution in [3.05, 3.63) is 53.6 Å². The van der Waals surface area contributed by atoms with Gasteiger partial charge in [-0.25, -0.2) is 9.97 Å². The Labute approximate surface area is 162 Å². The van der Waals surface area contributed by atoms with Crippen LogP contribution in [0.3, 0.4) is 0 Å². The third-order valence-electron chi connectivity index (χ3n) is 5.11. The molecule has 3 heterocycles. The molecule has 1 aliphatic rings. The van der Waals surface area contributed by atoms with Gasteiger partial charge in [-0.05, 0) is 42.5 Å². The van der Waals surface area contributed by atoms with Gasteiger partial charge in [0.15, 0.2) is 5.82 Å². The summed E-state index contributed by atoms with van der Waals surface area (Å²) < 4.78 is 0. The van der Waals surface area contributed by atoms with Gasteiger partial charge in [0.2, 0.25) is 5.95 Å². The molecule has 1 fully saturated rings. The molecule has 0 spiro atoms. The summed E-state index contributed by atoms with van der Waals surface area (Å²) in [6.07, 6.45) is 6.89. The summed E-state index contributed by atoms with van der Waals surface area (Å²) in [5.74, 6) is 2.71. The average Bonchev–Trinajstić information content (AvgIpc) is 3.27. The van der Waals surface area contributed by atoms with E-state index in [1.165, 1.54) is 29.7 Å². The Morgan fingerprint density at radius 1 is 1.14 bits per heavy atom. The number of aromatic amines is 2. The Morgan fingerprint density at radius 2 is 2.07 bits per heavy atom. The van der Waals surface area contributed by atoms with Crippen LogP contribution in [0.4, 0.5) is 17.6 Å². The lowest BCUT2D eigenvalue weighted by Gasteiger charge is -2.11. The molecule has 0 aliphatic heterocycles. The Hall–Kier alpha value is -3.42. The Kier molecular flexibility index (Phi) is 4.16. The van der Waals surface area contributed by atoms with Crippen molar-refractivity contribution in [3.63, 3.8) is 0 Å². The topological polar surface area (TPSA) is 107 Å². The third-order valence-corrected chi connectivity index (χ3v) is 5.11. The van der Waals surface area contributed by atoms with Crippen LogP contribution in [-0.2, 0) is 13.0 Å². The normalized spacial score (nSPS) is 13.8. The first kappa shape index (κ1) is 16.7. The first-order valence-electron chi connectivity index (χ1n) is 9.63. The van der Waals surface area contributed by atoms with Crippen LogP contribution in [-0.4, -0.2) is 30.1 Å². The van der Waals surface area contributed by atoms with Crippen molar-refractivity contribution in [1.29, 1.82) is 0 Å². The minimum Gasteiger partial charge on any atom is -0.350 e. The molecule has 0 saturated heterocycles. The third kappa shape index (κ3) is 3.28. The summed E-state index contributed by atoms with van der Waals surface area (Å²) in [4.78, 5) is 16.5. The number of rotatable bonds is 7. The second kappa shape index (κ2) is 6.95. The summed E-state index contributed by atoms with van der Waals surface area (Å²) in [5, 5.41) is 14.0. The van der Waals surface area contributed by atoms with E-state index in [1.54, 1.807) is 12.5 Å². The quantitative estimate of drug-likeness (QED) is 0.391. The molecule has 1 saturated carbocycles. The molecule has 1 aromatic carbocycles. The predicted octanol–water partition coefficient (Wildman–Crippen LogP) is 3.87. The molecule has 1 aliphatic carbocycles. The highest BCUT2D eigenvalue weighted by Crippen LogP contribution is 2.39. The molecule has 4 N–H and O–H groups in total.